The van der Waals surface area contributed by atoms with Crippen LogP contribution in [0.4, 0.5) is 23.7 Å². The molecule has 1 atom stereocenters. The summed E-state index contributed by atoms with van der Waals surface area (Å²) in [5, 5.41) is 2.41. The first-order valence-corrected chi connectivity index (χ1v) is 10.9. The Bertz CT molecular complexity index is 1180. The number of rotatable bonds is 6. The Balaban J connectivity index is 1.42. The average molecular weight is 489 g/mol. The molecule has 0 saturated carbocycles. The van der Waals surface area contributed by atoms with Crippen LogP contribution in [0.1, 0.15) is 29.6 Å². The quantitative estimate of drug-likeness (QED) is 0.510. The minimum Gasteiger partial charge on any atom is -0.489 e. The van der Waals surface area contributed by atoms with E-state index in [9.17, 15) is 22.8 Å². The Kier molecular flexibility index (Phi) is 6.94. The first-order valence-electron chi connectivity index (χ1n) is 10.9. The fourth-order valence-electron chi connectivity index (χ4n) is 3.57. The molecule has 0 radical (unpaired) electrons. The Labute approximate surface area is 198 Å². The largest absolute Gasteiger partial charge is 0.489 e. The van der Waals surface area contributed by atoms with E-state index >= 15 is 0 Å². The van der Waals surface area contributed by atoms with E-state index in [4.69, 9.17) is 13.9 Å². The number of nitrogens with one attached hydrogen (secondary N) is 1. The van der Waals surface area contributed by atoms with Gasteiger partial charge in [-0.3, -0.25) is 4.79 Å². The second-order valence-electron chi connectivity index (χ2n) is 7.71. The lowest BCUT2D eigenvalue weighted by Crippen LogP contribution is -2.31. The van der Waals surface area contributed by atoms with E-state index in [1.54, 1.807) is 42.2 Å². The van der Waals surface area contributed by atoms with Gasteiger partial charge in [-0.2, -0.15) is 13.2 Å². The van der Waals surface area contributed by atoms with E-state index in [1.807, 2.05) is 0 Å². The predicted octanol–water partition coefficient (Wildman–Crippen LogP) is 5.22. The number of carbonyl (C=O) groups excluding carboxylic acids is 2. The number of anilines is 1. The number of aromatic nitrogens is 1. The van der Waals surface area contributed by atoms with Crippen molar-refractivity contribution in [3.05, 3.63) is 66.1 Å². The highest BCUT2D eigenvalue weighted by Gasteiger charge is 2.42. The molecule has 1 unspecified atom stereocenters. The number of halogens is 3. The molecule has 1 aliphatic heterocycles. The number of ether oxygens (including phenoxy) is 2. The first kappa shape index (κ1) is 24.1. The molecule has 1 saturated heterocycles. The van der Waals surface area contributed by atoms with Crippen molar-refractivity contribution >= 4 is 17.7 Å². The van der Waals surface area contributed by atoms with Crippen LogP contribution in [-0.2, 0) is 10.9 Å². The fraction of sp³-hybridized carbons (Fsp3) is 0.292. The molecule has 1 aliphatic rings. The van der Waals surface area contributed by atoms with Crippen molar-refractivity contribution in [1.29, 1.82) is 0 Å². The van der Waals surface area contributed by atoms with Gasteiger partial charge in [0.1, 0.15) is 11.9 Å². The van der Waals surface area contributed by atoms with Gasteiger partial charge >= 0.3 is 12.3 Å². The molecule has 2 amide bonds. The van der Waals surface area contributed by atoms with Gasteiger partial charge in [0, 0.05) is 24.2 Å². The van der Waals surface area contributed by atoms with E-state index in [2.05, 4.69) is 10.3 Å². The van der Waals surface area contributed by atoms with Crippen LogP contribution in [0.3, 0.4) is 0 Å². The topological polar surface area (TPSA) is 93.9 Å². The summed E-state index contributed by atoms with van der Waals surface area (Å²) in [6, 6.07) is 14.1. The highest BCUT2D eigenvalue weighted by molar-refractivity contribution is 6.04. The van der Waals surface area contributed by atoms with Gasteiger partial charge in [0.25, 0.3) is 5.91 Å². The van der Waals surface area contributed by atoms with Crippen LogP contribution in [-0.4, -0.2) is 47.7 Å². The van der Waals surface area contributed by atoms with Gasteiger partial charge in [-0.1, -0.05) is 18.2 Å². The van der Waals surface area contributed by atoms with Crippen LogP contribution in [0.25, 0.3) is 11.5 Å². The molecule has 35 heavy (non-hydrogen) atoms. The zero-order valence-corrected chi connectivity index (χ0v) is 18.7. The molecule has 1 fully saturated rings. The van der Waals surface area contributed by atoms with Crippen LogP contribution >= 0.6 is 0 Å². The molecular weight excluding hydrogens is 467 g/mol. The van der Waals surface area contributed by atoms with E-state index < -0.39 is 29.6 Å². The lowest BCUT2D eigenvalue weighted by molar-refractivity contribution is -0.153. The van der Waals surface area contributed by atoms with Crippen LogP contribution in [0, 0.1) is 0 Å². The van der Waals surface area contributed by atoms with Gasteiger partial charge in [0.2, 0.25) is 11.7 Å². The fourth-order valence-corrected chi connectivity index (χ4v) is 3.57. The summed E-state index contributed by atoms with van der Waals surface area (Å²) < 4.78 is 56.2. The molecule has 4 rings (SSSR count). The highest BCUT2D eigenvalue weighted by Crippen LogP contribution is 2.35. The molecule has 0 bridgehead atoms. The third kappa shape index (κ3) is 5.73. The second kappa shape index (κ2) is 10.1. The molecule has 2 aromatic carbocycles. The number of amides is 2. The summed E-state index contributed by atoms with van der Waals surface area (Å²) >= 11 is 0. The third-order valence-corrected chi connectivity index (χ3v) is 5.21. The molecule has 1 aromatic heterocycles. The summed E-state index contributed by atoms with van der Waals surface area (Å²) in [7, 11) is 0. The number of nitrogens with zero attached hydrogens (tertiary/aromatic N) is 2. The Morgan fingerprint density at radius 3 is 2.51 bits per heavy atom. The normalized spacial score (nSPS) is 15.7. The molecule has 0 spiro atoms. The predicted molar refractivity (Wildman–Crippen MR) is 119 cm³/mol. The molecule has 11 heteroatoms. The summed E-state index contributed by atoms with van der Waals surface area (Å²) in [5.74, 6) is -2.35. The van der Waals surface area contributed by atoms with Crippen LogP contribution < -0.4 is 10.1 Å². The minimum atomic E-state index is -4.90. The highest BCUT2D eigenvalue weighted by atomic mass is 19.4. The van der Waals surface area contributed by atoms with Gasteiger partial charge in [-0.05, 0) is 43.3 Å². The van der Waals surface area contributed by atoms with E-state index in [1.165, 1.54) is 24.3 Å². The van der Waals surface area contributed by atoms with Crippen molar-refractivity contribution in [3.63, 3.8) is 0 Å². The van der Waals surface area contributed by atoms with Crippen LogP contribution in [0.15, 0.2) is 59.0 Å². The van der Waals surface area contributed by atoms with Gasteiger partial charge in [-0.15, -0.1) is 0 Å². The zero-order valence-electron chi connectivity index (χ0n) is 18.7. The van der Waals surface area contributed by atoms with E-state index in [0.717, 1.165) is 0 Å². The monoisotopic (exact) mass is 489 g/mol. The summed E-state index contributed by atoms with van der Waals surface area (Å²) in [6.07, 6.45) is -4.88. The summed E-state index contributed by atoms with van der Waals surface area (Å²) in [4.78, 5) is 29.8. The van der Waals surface area contributed by atoms with Crippen molar-refractivity contribution in [2.24, 2.45) is 0 Å². The van der Waals surface area contributed by atoms with E-state index in [0.29, 0.717) is 37.4 Å². The number of hydrogen-bond donors (Lipinski definition) is 1. The zero-order chi connectivity index (χ0) is 25.0. The maximum absolute atomic E-state index is 13.5. The lowest BCUT2D eigenvalue weighted by atomic mass is 10.2. The summed E-state index contributed by atoms with van der Waals surface area (Å²) in [6.45, 7) is 2.92. The molecule has 1 N–H and O–H groups in total. The van der Waals surface area contributed by atoms with Gasteiger partial charge in [0.15, 0.2) is 5.69 Å². The molecule has 3 aromatic rings. The van der Waals surface area contributed by atoms with Crippen molar-refractivity contribution in [1.82, 2.24) is 9.88 Å². The van der Waals surface area contributed by atoms with E-state index in [-0.39, 0.29) is 17.7 Å². The van der Waals surface area contributed by atoms with Crippen molar-refractivity contribution in [2.45, 2.75) is 25.6 Å². The van der Waals surface area contributed by atoms with Gasteiger partial charge in [-0.25, -0.2) is 9.78 Å². The number of alkyl halides is 3. The minimum absolute atomic E-state index is 0.222. The smallest absolute Gasteiger partial charge is 0.452 e. The van der Waals surface area contributed by atoms with Crippen molar-refractivity contribution in [3.8, 4) is 17.2 Å². The van der Waals surface area contributed by atoms with Crippen LogP contribution in [0.2, 0.25) is 0 Å². The Morgan fingerprint density at radius 1 is 1.14 bits per heavy atom. The van der Waals surface area contributed by atoms with Crippen molar-refractivity contribution < 1.29 is 36.7 Å². The maximum atomic E-state index is 13.5. The molecule has 8 nitrogen and oxygen atoms in total. The number of benzene rings is 2. The maximum Gasteiger partial charge on any atom is 0.452 e. The first-order chi connectivity index (χ1) is 16.7. The third-order valence-electron chi connectivity index (χ3n) is 5.21. The van der Waals surface area contributed by atoms with Gasteiger partial charge in [0.05, 0.1) is 13.2 Å². The average Bonchev–Trinajstić information content (AvgIpc) is 3.49. The standard InChI is InChI=1S/C24H22F3N3O5/c1-2-33-23(32)30-13-12-18(14-30)34-17-10-8-16(9-11-17)28-21(31)19-20(24(25,26)27)35-22(29-19)15-6-4-3-5-7-15/h3-11,18H,2,12-14H2,1H3,(H,28,31). The number of carbonyl (C=O) groups is 2. The molecule has 0 aliphatic carbocycles. The van der Waals surface area contributed by atoms with Crippen molar-refractivity contribution in [2.75, 3.05) is 25.0 Å². The SMILES string of the molecule is CCOC(=O)N1CCC(Oc2ccc(NC(=O)c3nc(-c4ccccc4)oc3C(F)(F)F)cc2)C1. The molecular formula is C24H22F3N3O5. The van der Waals surface area contributed by atoms with Crippen LogP contribution in [0.5, 0.6) is 5.75 Å². The number of hydrogen-bond acceptors (Lipinski definition) is 6. The lowest BCUT2D eigenvalue weighted by Gasteiger charge is -2.16. The summed E-state index contributed by atoms with van der Waals surface area (Å²) in [5.41, 5.74) is -0.298. The Morgan fingerprint density at radius 2 is 1.86 bits per heavy atom. The Hall–Kier alpha value is -4.02. The molecule has 2 heterocycles. The van der Waals surface area contributed by atoms with Gasteiger partial charge < -0.3 is 24.1 Å². The number of likely N-dealkylation sites (tertiary alicyclic amines) is 1. The number of oxazole rings is 1. The molecule has 184 valence electrons. The second-order valence-corrected chi connectivity index (χ2v) is 7.71.